The minimum atomic E-state index is -1.94. The summed E-state index contributed by atoms with van der Waals surface area (Å²) in [6, 6.07) is 24.6. The number of ketones is 1. The Morgan fingerprint density at radius 1 is 0.914 bits per heavy atom. The van der Waals surface area contributed by atoms with Gasteiger partial charge < -0.3 is 9.84 Å². The molecule has 0 fully saturated rings. The molecule has 1 atom stereocenters. The van der Waals surface area contributed by atoms with Crippen LogP contribution < -0.4 is 0 Å². The third kappa shape index (κ3) is 4.72. The Morgan fingerprint density at radius 3 is 2.17 bits per heavy atom. The second kappa shape index (κ2) is 9.65. The van der Waals surface area contributed by atoms with E-state index in [-0.39, 0.29) is 18.8 Å². The molecular formula is C30H25ClO4. The zero-order chi connectivity index (χ0) is 24.4. The highest BCUT2D eigenvalue weighted by Gasteiger charge is 2.41. The van der Waals surface area contributed by atoms with Crippen LogP contribution in [0, 0.1) is 0 Å². The summed E-state index contributed by atoms with van der Waals surface area (Å²) >= 11 is 6.05. The molecule has 0 amide bonds. The van der Waals surface area contributed by atoms with Gasteiger partial charge in [0, 0.05) is 23.4 Å². The normalized spacial score (nSPS) is 15.6. The SMILES string of the molecule is O=C1C=C(C[C@](O)(C(=O)OCc2c3ccccc3cc3ccccc23)c2ccc(Cl)cc2)CCC1. The predicted octanol–water partition coefficient (Wildman–Crippen LogP) is 6.65. The van der Waals surface area contributed by atoms with Crippen LogP contribution in [-0.2, 0) is 26.5 Å². The molecule has 4 nitrogen and oxygen atoms in total. The summed E-state index contributed by atoms with van der Waals surface area (Å²) in [5.41, 5.74) is 0.0754. The Hall–Kier alpha value is -3.47. The molecule has 0 unspecified atom stereocenters. The number of fused-ring (bicyclic) bond motifs is 2. The van der Waals surface area contributed by atoms with Crippen molar-refractivity contribution in [3.63, 3.8) is 0 Å². The first-order valence-corrected chi connectivity index (χ1v) is 12.1. The van der Waals surface area contributed by atoms with E-state index in [0.29, 0.717) is 29.8 Å². The highest BCUT2D eigenvalue weighted by molar-refractivity contribution is 6.30. The topological polar surface area (TPSA) is 63.6 Å². The van der Waals surface area contributed by atoms with Crippen molar-refractivity contribution in [3.8, 4) is 0 Å². The van der Waals surface area contributed by atoms with Crippen molar-refractivity contribution in [2.75, 3.05) is 0 Å². The Kier molecular flexibility index (Phi) is 6.42. The monoisotopic (exact) mass is 484 g/mol. The molecule has 1 aliphatic rings. The van der Waals surface area contributed by atoms with Crippen LogP contribution in [0.3, 0.4) is 0 Å². The van der Waals surface area contributed by atoms with Gasteiger partial charge in [0.15, 0.2) is 11.4 Å². The van der Waals surface area contributed by atoms with E-state index in [0.717, 1.165) is 32.7 Å². The number of benzene rings is 4. The standard InChI is InChI=1S/C30H25ClO4/c31-24-14-12-23(13-15-24)30(34,18-20-6-5-9-25(32)16-20)29(33)35-19-28-26-10-3-1-7-21(26)17-22-8-2-4-11-27(22)28/h1-4,7-8,10-17,34H,5-6,9,18-19H2/t30-/m1/s1. The lowest BCUT2D eigenvalue weighted by molar-refractivity contribution is -0.168. The fourth-order valence-corrected chi connectivity index (χ4v) is 4.99. The van der Waals surface area contributed by atoms with Gasteiger partial charge in [-0.05, 0) is 64.2 Å². The molecule has 0 aliphatic heterocycles. The summed E-state index contributed by atoms with van der Waals surface area (Å²) < 4.78 is 5.83. The molecule has 35 heavy (non-hydrogen) atoms. The number of esters is 1. The third-order valence-corrected chi connectivity index (χ3v) is 6.91. The number of allylic oxidation sites excluding steroid dienone is 1. The van der Waals surface area contributed by atoms with Crippen LogP contribution in [0.2, 0.25) is 5.02 Å². The number of hydrogen-bond acceptors (Lipinski definition) is 4. The van der Waals surface area contributed by atoms with E-state index >= 15 is 0 Å². The van der Waals surface area contributed by atoms with E-state index in [4.69, 9.17) is 16.3 Å². The summed E-state index contributed by atoms with van der Waals surface area (Å²) in [5.74, 6) is -0.740. The second-order valence-corrected chi connectivity index (χ2v) is 9.48. The lowest BCUT2D eigenvalue weighted by Gasteiger charge is -2.29. The maximum atomic E-state index is 13.5. The van der Waals surface area contributed by atoms with Crippen LogP contribution in [0.4, 0.5) is 0 Å². The summed E-state index contributed by atoms with van der Waals surface area (Å²) in [6.07, 6.45) is 3.40. The number of carbonyl (C=O) groups excluding carboxylic acids is 2. The molecule has 4 aromatic carbocycles. The molecule has 0 saturated heterocycles. The maximum Gasteiger partial charge on any atom is 0.343 e. The second-order valence-electron chi connectivity index (χ2n) is 9.04. The molecule has 176 valence electrons. The van der Waals surface area contributed by atoms with E-state index in [9.17, 15) is 14.7 Å². The molecule has 1 N–H and O–H groups in total. The quantitative estimate of drug-likeness (QED) is 0.246. The van der Waals surface area contributed by atoms with Crippen molar-refractivity contribution in [1.82, 2.24) is 0 Å². The maximum absolute atomic E-state index is 13.5. The number of ether oxygens (including phenoxy) is 1. The molecule has 1 aliphatic carbocycles. The Balaban J connectivity index is 1.51. The van der Waals surface area contributed by atoms with Crippen molar-refractivity contribution in [2.45, 2.75) is 37.9 Å². The lowest BCUT2D eigenvalue weighted by Crippen LogP contribution is -2.38. The van der Waals surface area contributed by atoms with E-state index in [1.54, 1.807) is 30.3 Å². The molecule has 0 aromatic heterocycles. The van der Waals surface area contributed by atoms with Crippen LogP contribution in [0.25, 0.3) is 21.5 Å². The molecule has 4 aromatic rings. The molecule has 5 rings (SSSR count). The molecule has 0 heterocycles. The van der Waals surface area contributed by atoms with Crippen molar-refractivity contribution in [3.05, 3.63) is 107 Å². The minimum absolute atomic E-state index is 0.00447. The van der Waals surface area contributed by atoms with Gasteiger partial charge in [-0.25, -0.2) is 4.79 Å². The van der Waals surface area contributed by atoms with Gasteiger partial charge in [0.2, 0.25) is 0 Å². The van der Waals surface area contributed by atoms with Crippen LogP contribution >= 0.6 is 11.6 Å². The summed E-state index contributed by atoms with van der Waals surface area (Å²) in [5, 5.41) is 16.3. The van der Waals surface area contributed by atoms with Crippen molar-refractivity contribution < 1.29 is 19.4 Å². The molecule has 0 radical (unpaired) electrons. The highest BCUT2D eigenvalue weighted by Crippen LogP contribution is 2.35. The number of halogens is 1. The van der Waals surface area contributed by atoms with Gasteiger partial charge in [-0.1, -0.05) is 77.8 Å². The zero-order valence-electron chi connectivity index (χ0n) is 19.2. The number of carbonyl (C=O) groups is 2. The van der Waals surface area contributed by atoms with E-state index in [1.807, 2.05) is 48.5 Å². The van der Waals surface area contributed by atoms with Crippen LogP contribution in [-0.4, -0.2) is 16.9 Å². The first kappa shape index (κ1) is 23.3. The molecule has 0 saturated carbocycles. The first-order chi connectivity index (χ1) is 16.9. The van der Waals surface area contributed by atoms with Gasteiger partial charge in [0.1, 0.15) is 6.61 Å². The average molecular weight is 485 g/mol. The van der Waals surface area contributed by atoms with Gasteiger partial charge in [-0.3, -0.25) is 4.79 Å². The molecular weight excluding hydrogens is 460 g/mol. The molecule has 0 bridgehead atoms. The fraction of sp³-hybridized carbons (Fsp3) is 0.200. The Labute approximate surface area is 208 Å². The Bertz CT molecular complexity index is 1400. The van der Waals surface area contributed by atoms with E-state index in [1.165, 1.54) is 0 Å². The zero-order valence-corrected chi connectivity index (χ0v) is 19.9. The smallest absolute Gasteiger partial charge is 0.343 e. The van der Waals surface area contributed by atoms with Gasteiger partial charge in [0.05, 0.1) is 0 Å². The van der Waals surface area contributed by atoms with Gasteiger partial charge in [-0.15, -0.1) is 0 Å². The number of aliphatic hydroxyl groups is 1. The van der Waals surface area contributed by atoms with Crippen molar-refractivity contribution in [1.29, 1.82) is 0 Å². The summed E-state index contributed by atoms with van der Waals surface area (Å²) in [7, 11) is 0. The Morgan fingerprint density at radius 2 is 1.54 bits per heavy atom. The number of hydrogen-bond donors (Lipinski definition) is 1. The van der Waals surface area contributed by atoms with E-state index < -0.39 is 11.6 Å². The minimum Gasteiger partial charge on any atom is -0.458 e. The van der Waals surface area contributed by atoms with Gasteiger partial charge in [0.25, 0.3) is 0 Å². The van der Waals surface area contributed by atoms with Crippen molar-refractivity contribution in [2.24, 2.45) is 0 Å². The summed E-state index contributed by atoms with van der Waals surface area (Å²) in [4.78, 5) is 25.5. The van der Waals surface area contributed by atoms with Gasteiger partial charge in [-0.2, -0.15) is 0 Å². The molecule has 0 spiro atoms. The number of rotatable bonds is 6. The van der Waals surface area contributed by atoms with E-state index in [2.05, 4.69) is 6.07 Å². The molecule has 5 heteroatoms. The average Bonchev–Trinajstić information content (AvgIpc) is 2.86. The van der Waals surface area contributed by atoms with Gasteiger partial charge >= 0.3 is 5.97 Å². The largest absolute Gasteiger partial charge is 0.458 e. The predicted molar refractivity (Wildman–Crippen MR) is 138 cm³/mol. The fourth-order valence-electron chi connectivity index (χ4n) is 4.87. The summed E-state index contributed by atoms with van der Waals surface area (Å²) in [6.45, 7) is 0.00851. The highest BCUT2D eigenvalue weighted by atomic mass is 35.5. The third-order valence-electron chi connectivity index (χ3n) is 6.66. The van der Waals surface area contributed by atoms with Crippen molar-refractivity contribution >= 4 is 44.9 Å². The van der Waals surface area contributed by atoms with Crippen LogP contribution in [0.15, 0.2) is 90.5 Å². The van der Waals surface area contributed by atoms with Crippen LogP contribution in [0.5, 0.6) is 0 Å². The van der Waals surface area contributed by atoms with Crippen LogP contribution in [0.1, 0.15) is 36.8 Å². The first-order valence-electron chi connectivity index (χ1n) is 11.7. The lowest BCUT2D eigenvalue weighted by atomic mass is 9.83.